The number of nitrogens with zero attached hydrogens (tertiary/aromatic N) is 1. The molecular formula is C12H17NO2S. The molecule has 2 rings (SSSR count). The zero-order chi connectivity index (χ0) is 11.7. The molecule has 0 fully saturated rings. The maximum absolute atomic E-state index is 11.4. The lowest BCUT2D eigenvalue weighted by molar-refractivity contribution is -0.133. The lowest BCUT2D eigenvalue weighted by Crippen LogP contribution is -2.35. The van der Waals surface area contributed by atoms with Gasteiger partial charge in [-0.2, -0.15) is 0 Å². The first-order valence-electron chi connectivity index (χ1n) is 5.57. The van der Waals surface area contributed by atoms with Gasteiger partial charge in [0.2, 0.25) is 0 Å². The summed E-state index contributed by atoms with van der Waals surface area (Å²) in [6.07, 6.45) is 4.11. The van der Waals surface area contributed by atoms with Gasteiger partial charge in [-0.25, -0.2) is 0 Å². The van der Waals surface area contributed by atoms with Crippen molar-refractivity contribution >= 4 is 17.7 Å². The van der Waals surface area contributed by atoms with Crippen molar-refractivity contribution in [3.63, 3.8) is 0 Å². The van der Waals surface area contributed by atoms with Crippen molar-refractivity contribution in [1.82, 2.24) is 4.90 Å². The molecule has 0 radical (unpaired) electrons. The van der Waals surface area contributed by atoms with Crippen LogP contribution in [0.25, 0.3) is 0 Å². The molecule has 0 aromatic carbocycles. The quantitative estimate of drug-likeness (QED) is 0.742. The van der Waals surface area contributed by atoms with Crippen LogP contribution >= 0.6 is 11.8 Å². The Morgan fingerprint density at radius 1 is 1.56 bits per heavy atom. The number of likely N-dealkylation sites (N-methyl/N-ethyl adjacent to an activating group) is 1. The van der Waals surface area contributed by atoms with E-state index in [-0.39, 0.29) is 12.5 Å². The Bertz CT molecular complexity index is 371. The second-order valence-electron chi connectivity index (χ2n) is 4.55. The number of hydrogen-bond acceptors (Lipinski definition) is 3. The fourth-order valence-electron chi connectivity index (χ4n) is 1.80. The van der Waals surface area contributed by atoms with Gasteiger partial charge < -0.3 is 9.64 Å². The van der Waals surface area contributed by atoms with Crippen LogP contribution in [-0.4, -0.2) is 24.5 Å². The Morgan fingerprint density at radius 3 is 3.00 bits per heavy atom. The van der Waals surface area contributed by atoms with E-state index in [2.05, 4.69) is 19.9 Å². The Morgan fingerprint density at radius 2 is 2.31 bits per heavy atom. The monoisotopic (exact) mass is 239 g/mol. The molecule has 0 atom stereocenters. The average Bonchev–Trinajstić information content (AvgIpc) is 2.23. The van der Waals surface area contributed by atoms with Crippen LogP contribution in [0.15, 0.2) is 21.8 Å². The largest absolute Gasteiger partial charge is 0.475 e. The third kappa shape index (κ3) is 2.26. The third-order valence-electron chi connectivity index (χ3n) is 2.70. The first kappa shape index (κ1) is 11.6. The summed E-state index contributed by atoms with van der Waals surface area (Å²) in [7, 11) is 1.82. The van der Waals surface area contributed by atoms with Gasteiger partial charge in [0, 0.05) is 13.5 Å². The predicted molar refractivity (Wildman–Crippen MR) is 65.5 cm³/mol. The van der Waals surface area contributed by atoms with Gasteiger partial charge >= 0.3 is 0 Å². The molecule has 1 amide bonds. The Kier molecular flexibility index (Phi) is 3.28. The second-order valence-corrected chi connectivity index (χ2v) is 5.65. The van der Waals surface area contributed by atoms with Crippen LogP contribution in [0.1, 0.15) is 26.7 Å². The van der Waals surface area contributed by atoms with Crippen LogP contribution in [0.2, 0.25) is 0 Å². The molecule has 0 N–H and O–H groups in total. The maximum atomic E-state index is 11.4. The molecule has 0 saturated heterocycles. The molecule has 0 aromatic heterocycles. The molecule has 2 heterocycles. The lowest BCUT2D eigenvalue weighted by Gasteiger charge is -2.31. The Balaban J connectivity index is 2.09. The Labute approximate surface area is 101 Å². The summed E-state index contributed by atoms with van der Waals surface area (Å²) in [5, 5.41) is 0.917. The maximum Gasteiger partial charge on any atom is 0.264 e. The average molecular weight is 239 g/mol. The normalized spacial score (nSPS) is 20.9. The van der Waals surface area contributed by atoms with Gasteiger partial charge in [0.15, 0.2) is 11.7 Å². The summed E-state index contributed by atoms with van der Waals surface area (Å²) in [4.78, 5) is 14.5. The van der Waals surface area contributed by atoms with Crippen molar-refractivity contribution in [2.24, 2.45) is 5.92 Å². The fourth-order valence-corrected chi connectivity index (χ4v) is 3.08. The molecule has 4 heteroatoms. The van der Waals surface area contributed by atoms with Gasteiger partial charge in [0.1, 0.15) is 0 Å². The fraction of sp³-hybridized carbons (Fsp3) is 0.583. The van der Waals surface area contributed by atoms with Crippen LogP contribution in [-0.2, 0) is 9.53 Å². The number of ether oxygens (including phenoxy) is 1. The minimum Gasteiger partial charge on any atom is -0.475 e. The molecule has 3 nitrogen and oxygen atoms in total. The van der Waals surface area contributed by atoms with Crippen molar-refractivity contribution in [2.45, 2.75) is 26.7 Å². The van der Waals surface area contributed by atoms with Gasteiger partial charge in [-0.05, 0) is 17.2 Å². The van der Waals surface area contributed by atoms with Crippen LogP contribution in [0.5, 0.6) is 0 Å². The summed E-state index contributed by atoms with van der Waals surface area (Å²) in [6.45, 7) is 4.60. The van der Waals surface area contributed by atoms with Crippen LogP contribution in [0.3, 0.4) is 0 Å². The SMILES string of the molecule is CC(C)CC1=CCC2=C(OCC(=O)N2C)S1. The third-order valence-corrected chi connectivity index (χ3v) is 3.83. The number of rotatable bonds is 2. The highest BCUT2D eigenvalue weighted by atomic mass is 32.2. The summed E-state index contributed by atoms with van der Waals surface area (Å²) in [6, 6.07) is 0. The van der Waals surface area contributed by atoms with E-state index in [9.17, 15) is 4.79 Å². The predicted octanol–water partition coefficient (Wildman–Crippen LogP) is 2.71. The van der Waals surface area contributed by atoms with Gasteiger partial charge in [0.05, 0.1) is 5.70 Å². The summed E-state index contributed by atoms with van der Waals surface area (Å²) < 4.78 is 5.49. The summed E-state index contributed by atoms with van der Waals surface area (Å²) in [5.74, 6) is 0.698. The molecule has 0 unspecified atom stereocenters. The van der Waals surface area contributed by atoms with Crippen molar-refractivity contribution < 1.29 is 9.53 Å². The molecule has 2 aliphatic rings. The number of amides is 1. The molecule has 0 spiro atoms. The molecule has 0 aliphatic carbocycles. The van der Waals surface area contributed by atoms with Crippen molar-refractivity contribution in [3.05, 3.63) is 21.8 Å². The summed E-state index contributed by atoms with van der Waals surface area (Å²) >= 11 is 1.67. The van der Waals surface area contributed by atoms with E-state index >= 15 is 0 Å². The van der Waals surface area contributed by atoms with Crippen molar-refractivity contribution in [1.29, 1.82) is 0 Å². The first-order chi connectivity index (χ1) is 7.58. The smallest absolute Gasteiger partial charge is 0.264 e. The van der Waals surface area contributed by atoms with Crippen LogP contribution in [0, 0.1) is 5.92 Å². The molecular weight excluding hydrogens is 222 g/mol. The van der Waals surface area contributed by atoms with Gasteiger partial charge in [-0.15, -0.1) is 0 Å². The lowest BCUT2D eigenvalue weighted by atomic mass is 10.1. The minimum absolute atomic E-state index is 0.0417. The molecule has 88 valence electrons. The minimum atomic E-state index is 0.0417. The number of allylic oxidation sites excluding steroid dienone is 2. The van der Waals surface area contributed by atoms with E-state index in [1.807, 2.05) is 7.05 Å². The standard InChI is InChI=1S/C12H17NO2S/c1-8(2)6-9-4-5-10-12(16-9)15-7-11(14)13(10)3/h4,8H,5-7H2,1-3H3. The summed E-state index contributed by atoms with van der Waals surface area (Å²) in [5.41, 5.74) is 1.01. The van der Waals surface area contributed by atoms with E-state index in [1.165, 1.54) is 4.91 Å². The highest BCUT2D eigenvalue weighted by Gasteiger charge is 2.28. The van der Waals surface area contributed by atoms with Crippen molar-refractivity contribution in [3.8, 4) is 0 Å². The Hall–Kier alpha value is -0.900. The van der Waals surface area contributed by atoms with E-state index in [0.29, 0.717) is 5.92 Å². The molecule has 2 aliphatic heterocycles. The van der Waals surface area contributed by atoms with E-state index in [1.54, 1.807) is 16.7 Å². The van der Waals surface area contributed by atoms with E-state index in [0.717, 1.165) is 23.6 Å². The molecule has 0 saturated carbocycles. The second kappa shape index (κ2) is 4.53. The van der Waals surface area contributed by atoms with Gasteiger partial charge in [-0.3, -0.25) is 4.79 Å². The highest BCUT2D eigenvalue weighted by molar-refractivity contribution is 8.06. The molecule has 16 heavy (non-hydrogen) atoms. The van der Waals surface area contributed by atoms with Crippen LogP contribution < -0.4 is 0 Å². The van der Waals surface area contributed by atoms with E-state index < -0.39 is 0 Å². The van der Waals surface area contributed by atoms with Crippen LogP contribution in [0.4, 0.5) is 0 Å². The zero-order valence-electron chi connectivity index (χ0n) is 9.95. The van der Waals surface area contributed by atoms with E-state index in [4.69, 9.17) is 4.74 Å². The highest BCUT2D eigenvalue weighted by Crippen LogP contribution is 2.40. The van der Waals surface area contributed by atoms with Gasteiger partial charge in [0.25, 0.3) is 5.91 Å². The topological polar surface area (TPSA) is 29.5 Å². The number of carbonyl (C=O) groups excluding carboxylic acids is 1. The number of hydrogen-bond donors (Lipinski definition) is 0. The zero-order valence-corrected chi connectivity index (χ0v) is 10.8. The van der Waals surface area contributed by atoms with Crippen molar-refractivity contribution in [2.75, 3.05) is 13.7 Å². The number of thioether (sulfide) groups is 1. The van der Waals surface area contributed by atoms with Gasteiger partial charge in [-0.1, -0.05) is 31.7 Å². The molecule has 0 bridgehead atoms. The first-order valence-corrected chi connectivity index (χ1v) is 6.39. The number of carbonyl (C=O) groups is 1. The molecule has 0 aromatic rings.